The third-order valence-electron chi connectivity index (χ3n) is 3.53. The molecular formula is C15H27N3. The van der Waals surface area contributed by atoms with Crippen molar-refractivity contribution in [1.29, 1.82) is 0 Å². The van der Waals surface area contributed by atoms with Gasteiger partial charge in [-0.05, 0) is 63.2 Å². The molecule has 0 amide bonds. The van der Waals surface area contributed by atoms with Crippen LogP contribution in [0.15, 0.2) is 12.1 Å². The second kappa shape index (κ2) is 7.27. The predicted molar refractivity (Wildman–Crippen MR) is 81.2 cm³/mol. The summed E-state index contributed by atoms with van der Waals surface area (Å²) in [6.45, 7) is 13.0. The standard InChI is InChI=1S/C15H27N3/c1-5-18(6-2)9-7-8-17-15-11-13(4)12(3)10-14(15)16/h10-11,17H,5-9,16H2,1-4H3. The van der Waals surface area contributed by atoms with E-state index in [-0.39, 0.29) is 0 Å². The van der Waals surface area contributed by atoms with Crippen LogP contribution in [0.1, 0.15) is 31.4 Å². The molecule has 3 N–H and O–H groups in total. The van der Waals surface area contributed by atoms with Crippen molar-refractivity contribution >= 4 is 11.4 Å². The van der Waals surface area contributed by atoms with Gasteiger partial charge in [0.1, 0.15) is 0 Å². The number of nitrogens with one attached hydrogen (secondary N) is 1. The molecule has 0 fully saturated rings. The summed E-state index contributed by atoms with van der Waals surface area (Å²) in [5, 5.41) is 3.43. The van der Waals surface area contributed by atoms with Crippen LogP contribution in [-0.4, -0.2) is 31.1 Å². The molecule has 1 aromatic rings. The van der Waals surface area contributed by atoms with E-state index in [0.29, 0.717) is 0 Å². The van der Waals surface area contributed by atoms with Crippen LogP contribution < -0.4 is 11.1 Å². The summed E-state index contributed by atoms with van der Waals surface area (Å²) in [5.41, 5.74) is 10.5. The van der Waals surface area contributed by atoms with Gasteiger partial charge in [-0.2, -0.15) is 0 Å². The van der Waals surface area contributed by atoms with Crippen LogP contribution in [0.25, 0.3) is 0 Å². The molecular weight excluding hydrogens is 222 g/mol. The molecule has 0 aliphatic heterocycles. The maximum absolute atomic E-state index is 6.01. The van der Waals surface area contributed by atoms with Gasteiger partial charge in [-0.1, -0.05) is 13.8 Å². The molecule has 102 valence electrons. The Hall–Kier alpha value is -1.22. The lowest BCUT2D eigenvalue weighted by molar-refractivity contribution is 0.303. The van der Waals surface area contributed by atoms with E-state index in [1.165, 1.54) is 11.1 Å². The zero-order valence-corrected chi connectivity index (χ0v) is 12.2. The molecule has 0 aromatic heterocycles. The van der Waals surface area contributed by atoms with Gasteiger partial charge in [-0.15, -0.1) is 0 Å². The average molecular weight is 249 g/mol. The highest BCUT2D eigenvalue weighted by Crippen LogP contribution is 2.22. The highest BCUT2D eigenvalue weighted by molar-refractivity contribution is 5.68. The molecule has 0 aliphatic rings. The van der Waals surface area contributed by atoms with E-state index in [1.54, 1.807) is 0 Å². The van der Waals surface area contributed by atoms with Crippen molar-refractivity contribution in [2.75, 3.05) is 37.2 Å². The number of anilines is 2. The fraction of sp³-hybridized carbons (Fsp3) is 0.600. The number of rotatable bonds is 7. The summed E-state index contributed by atoms with van der Waals surface area (Å²) in [4.78, 5) is 2.44. The maximum atomic E-state index is 6.01. The Morgan fingerprint density at radius 1 is 1.11 bits per heavy atom. The summed E-state index contributed by atoms with van der Waals surface area (Å²) in [6, 6.07) is 4.18. The molecule has 1 aromatic carbocycles. The van der Waals surface area contributed by atoms with Crippen molar-refractivity contribution in [3.8, 4) is 0 Å². The van der Waals surface area contributed by atoms with Gasteiger partial charge in [0.25, 0.3) is 0 Å². The van der Waals surface area contributed by atoms with Crippen molar-refractivity contribution in [3.63, 3.8) is 0 Å². The molecule has 18 heavy (non-hydrogen) atoms. The average Bonchev–Trinajstić information content (AvgIpc) is 2.35. The largest absolute Gasteiger partial charge is 0.397 e. The number of hydrogen-bond acceptors (Lipinski definition) is 3. The Balaban J connectivity index is 2.42. The zero-order chi connectivity index (χ0) is 13.5. The van der Waals surface area contributed by atoms with E-state index in [9.17, 15) is 0 Å². The smallest absolute Gasteiger partial charge is 0.0576 e. The van der Waals surface area contributed by atoms with E-state index in [4.69, 9.17) is 5.73 Å². The Kier molecular flexibility index (Phi) is 5.99. The quantitative estimate of drug-likeness (QED) is 0.576. The summed E-state index contributed by atoms with van der Waals surface area (Å²) in [5.74, 6) is 0. The molecule has 3 heteroatoms. The molecule has 0 spiro atoms. The van der Waals surface area contributed by atoms with Crippen LogP contribution in [0.3, 0.4) is 0 Å². The van der Waals surface area contributed by atoms with Gasteiger partial charge in [-0.25, -0.2) is 0 Å². The highest BCUT2D eigenvalue weighted by Gasteiger charge is 2.02. The first-order valence-corrected chi connectivity index (χ1v) is 6.91. The first-order chi connectivity index (χ1) is 8.58. The number of hydrogen-bond donors (Lipinski definition) is 2. The molecule has 1 rings (SSSR count). The third-order valence-corrected chi connectivity index (χ3v) is 3.53. The summed E-state index contributed by atoms with van der Waals surface area (Å²) >= 11 is 0. The summed E-state index contributed by atoms with van der Waals surface area (Å²) in [7, 11) is 0. The van der Waals surface area contributed by atoms with E-state index in [2.05, 4.69) is 44.0 Å². The minimum absolute atomic E-state index is 0.848. The van der Waals surface area contributed by atoms with E-state index in [1.807, 2.05) is 6.07 Å². The van der Waals surface area contributed by atoms with Crippen molar-refractivity contribution < 1.29 is 0 Å². The first kappa shape index (κ1) is 14.8. The minimum atomic E-state index is 0.848. The number of aryl methyl sites for hydroxylation is 2. The summed E-state index contributed by atoms with van der Waals surface area (Å²) < 4.78 is 0. The molecule has 0 aliphatic carbocycles. The Labute approximate surface area is 111 Å². The number of benzene rings is 1. The van der Waals surface area contributed by atoms with Gasteiger partial charge < -0.3 is 16.0 Å². The third kappa shape index (κ3) is 4.22. The van der Waals surface area contributed by atoms with Gasteiger partial charge >= 0.3 is 0 Å². The Bertz CT molecular complexity index is 370. The fourth-order valence-corrected chi connectivity index (χ4v) is 2.06. The number of nitrogen functional groups attached to an aromatic ring is 1. The van der Waals surface area contributed by atoms with Gasteiger partial charge in [0.05, 0.1) is 11.4 Å². The second-order valence-electron chi connectivity index (χ2n) is 4.83. The molecule has 0 heterocycles. The zero-order valence-electron chi connectivity index (χ0n) is 12.2. The van der Waals surface area contributed by atoms with E-state index < -0.39 is 0 Å². The summed E-state index contributed by atoms with van der Waals surface area (Å²) in [6.07, 6.45) is 1.15. The van der Waals surface area contributed by atoms with Crippen LogP contribution in [0, 0.1) is 13.8 Å². The first-order valence-electron chi connectivity index (χ1n) is 6.91. The second-order valence-corrected chi connectivity index (χ2v) is 4.83. The molecule has 0 unspecified atom stereocenters. The van der Waals surface area contributed by atoms with Crippen LogP contribution in [0.5, 0.6) is 0 Å². The maximum Gasteiger partial charge on any atom is 0.0576 e. The van der Waals surface area contributed by atoms with Crippen molar-refractivity contribution in [3.05, 3.63) is 23.3 Å². The van der Waals surface area contributed by atoms with Gasteiger partial charge in [0, 0.05) is 6.54 Å². The van der Waals surface area contributed by atoms with E-state index in [0.717, 1.165) is 44.0 Å². The molecule has 0 saturated carbocycles. The van der Waals surface area contributed by atoms with Crippen LogP contribution in [0.2, 0.25) is 0 Å². The van der Waals surface area contributed by atoms with Crippen LogP contribution >= 0.6 is 0 Å². The topological polar surface area (TPSA) is 41.3 Å². The van der Waals surface area contributed by atoms with Crippen LogP contribution in [-0.2, 0) is 0 Å². The lowest BCUT2D eigenvalue weighted by Gasteiger charge is -2.18. The van der Waals surface area contributed by atoms with Gasteiger partial charge in [-0.3, -0.25) is 0 Å². The normalized spacial score (nSPS) is 10.9. The Morgan fingerprint density at radius 2 is 1.72 bits per heavy atom. The lowest BCUT2D eigenvalue weighted by atomic mass is 10.1. The van der Waals surface area contributed by atoms with E-state index >= 15 is 0 Å². The van der Waals surface area contributed by atoms with Crippen molar-refractivity contribution in [2.45, 2.75) is 34.1 Å². The van der Waals surface area contributed by atoms with Crippen molar-refractivity contribution in [1.82, 2.24) is 4.90 Å². The molecule has 0 bridgehead atoms. The van der Waals surface area contributed by atoms with Crippen molar-refractivity contribution in [2.24, 2.45) is 0 Å². The SMILES string of the molecule is CCN(CC)CCCNc1cc(C)c(C)cc1N. The number of nitrogens with zero attached hydrogens (tertiary/aromatic N) is 1. The predicted octanol–water partition coefficient (Wildman–Crippen LogP) is 3.03. The monoisotopic (exact) mass is 249 g/mol. The van der Waals surface area contributed by atoms with Gasteiger partial charge in [0.2, 0.25) is 0 Å². The molecule has 0 saturated heterocycles. The molecule has 0 radical (unpaired) electrons. The van der Waals surface area contributed by atoms with Gasteiger partial charge in [0.15, 0.2) is 0 Å². The number of nitrogens with two attached hydrogens (primary N) is 1. The lowest BCUT2D eigenvalue weighted by Crippen LogP contribution is -2.25. The molecule has 3 nitrogen and oxygen atoms in total. The fourth-order valence-electron chi connectivity index (χ4n) is 2.06. The highest BCUT2D eigenvalue weighted by atomic mass is 15.1. The minimum Gasteiger partial charge on any atom is -0.397 e. The van der Waals surface area contributed by atoms with Crippen LogP contribution in [0.4, 0.5) is 11.4 Å². The Morgan fingerprint density at radius 3 is 2.33 bits per heavy atom. The molecule has 0 atom stereocenters.